The fraction of sp³-hybridized carbons (Fsp3) is 1.00. The van der Waals surface area contributed by atoms with Crippen molar-refractivity contribution < 1.29 is 5.11 Å². The second-order valence-electron chi connectivity index (χ2n) is 5.58. The summed E-state index contributed by atoms with van der Waals surface area (Å²) in [6, 6.07) is 0. The molecule has 82 valence electrons. The van der Waals surface area contributed by atoms with Crippen LogP contribution in [0, 0.1) is 11.8 Å². The summed E-state index contributed by atoms with van der Waals surface area (Å²) in [6.45, 7) is 2.26. The molecular weight excluding hydrogens is 172 g/mol. The van der Waals surface area contributed by atoms with Gasteiger partial charge in [0.15, 0.2) is 0 Å². The van der Waals surface area contributed by atoms with Crippen molar-refractivity contribution >= 4 is 0 Å². The van der Waals surface area contributed by atoms with Crippen molar-refractivity contribution in [2.24, 2.45) is 11.8 Å². The Kier molecular flexibility index (Phi) is 3.16. The van der Waals surface area contributed by atoms with Gasteiger partial charge in [-0.15, -0.1) is 0 Å². The number of rotatable bonds is 4. The van der Waals surface area contributed by atoms with Crippen LogP contribution >= 0.6 is 0 Å². The SMILES string of the molecule is CCC1CCCC(O)(CCC2CC2)C1. The highest BCUT2D eigenvalue weighted by Crippen LogP contribution is 2.41. The molecule has 14 heavy (non-hydrogen) atoms. The Labute approximate surface area is 87.9 Å². The van der Waals surface area contributed by atoms with Gasteiger partial charge in [0.1, 0.15) is 0 Å². The Morgan fingerprint density at radius 1 is 1.21 bits per heavy atom. The fourth-order valence-electron chi connectivity index (χ4n) is 2.92. The summed E-state index contributed by atoms with van der Waals surface area (Å²) in [6.07, 6.45) is 11.2. The average molecular weight is 196 g/mol. The summed E-state index contributed by atoms with van der Waals surface area (Å²) in [7, 11) is 0. The van der Waals surface area contributed by atoms with E-state index < -0.39 is 0 Å². The van der Waals surface area contributed by atoms with Gasteiger partial charge in [-0.3, -0.25) is 0 Å². The first-order chi connectivity index (χ1) is 6.72. The molecule has 0 bridgehead atoms. The van der Waals surface area contributed by atoms with Gasteiger partial charge in [0, 0.05) is 0 Å². The fourth-order valence-corrected chi connectivity index (χ4v) is 2.92. The van der Waals surface area contributed by atoms with E-state index in [0.717, 1.165) is 31.1 Å². The van der Waals surface area contributed by atoms with E-state index in [0.29, 0.717) is 0 Å². The van der Waals surface area contributed by atoms with Crippen LogP contribution in [0.15, 0.2) is 0 Å². The molecule has 0 aromatic rings. The molecular formula is C13H24O. The third kappa shape index (κ3) is 2.73. The van der Waals surface area contributed by atoms with E-state index in [1.165, 1.54) is 38.5 Å². The first kappa shape index (κ1) is 10.5. The van der Waals surface area contributed by atoms with Crippen LogP contribution in [0.2, 0.25) is 0 Å². The molecule has 2 unspecified atom stereocenters. The highest BCUT2D eigenvalue weighted by Gasteiger charge is 2.35. The molecule has 0 aromatic carbocycles. The molecule has 2 saturated carbocycles. The lowest BCUT2D eigenvalue weighted by Gasteiger charge is -2.36. The Bertz CT molecular complexity index is 186. The van der Waals surface area contributed by atoms with Crippen molar-refractivity contribution in [1.29, 1.82) is 0 Å². The smallest absolute Gasteiger partial charge is 0.0650 e. The Hall–Kier alpha value is -0.0400. The maximum atomic E-state index is 10.4. The van der Waals surface area contributed by atoms with Gasteiger partial charge in [-0.1, -0.05) is 39.0 Å². The first-order valence-corrected chi connectivity index (χ1v) is 6.44. The van der Waals surface area contributed by atoms with Gasteiger partial charge < -0.3 is 5.11 Å². The summed E-state index contributed by atoms with van der Waals surface area (Å²) in [5.74, 6) is 1.77. The summed E-state index contributed by atoms with van der Waals surface area (Å²) in [5, 5.41) is 10.4. The van der Waals surface area contributed by atoms with Gasteiger partial charge in [-0.2, -0.15) is 0 Å². The van der Waals surface area contributed by atoms with Crippen LogP contribution in [-0.2, 0) is 0 Å². The van der Waals surface area contributed by atoms with Crippen molar-refractivity contribution in [1.82, 2.24) is 0 Å². The van der Waals surface area contributed by atoms with E-state index in [-0.39, 0.29) is 5.60 Å². The van der Waals surface area contributed by atoms with Crippen LogP contribution in [-0.4, -0.2) is 10.7 Å². The zero-order chi connectivity index (χ0) is 10.0. The molecule has 0 heterocycles. The van der Waals surface area contributed by atoms with E-state index in [1.54, 1.807) is 0 Å². The monoisotopic (exact) mass is 196 g/mol. The molecule has 0 amide bonds. The molecule has 2 fully saturated rings. The van der Waals surface area contributed by atoms with Gasteiger partial charge in [-0.05, 0) is 37.5 Å². The van der Waals surface area contributed by atoms with Gasteiger partial charge in [0.2, 0.25) is 0 Å². The van der Waals surface area contributed by atoms with Crippen LogP contribution in [0.3, 0.4) is 0 Å². The van der Waals surface area contributed by atoms with E-state index in [4.69, 9.17) is 0 Å². The summed E-state index contributed by atoms with van der Waals surface area (Å²) >= 11 is 0. The molecule has 1 N–H and O–H groups in total. The molecule has 2 rings (SSSR count). The van der Waals surface area contributed by atoms with Crippen LogP contribution in [0.1, 0.15) is 64.7 Å². The van der Waals surface area contributed by atoms with Crippen LogP contribution in [0.25, 0.3) is 0 Å². The standard InChI is InChI=1S/C13H24O/c1-2-11-4-3-8-13(14,10-11)9-7-12-5-6-12/h11-12,14H,2-10H2,1H3. The van der Waals surface area contributed by atoms with Crippen LogP contribution < -0.4 is 0 Å². The predicted octanol–water partition coefficient (Wildman–Crippen LogP) is 3.51. The second-order valence-corrected chi connectivity index (χ2v) is 5.58. The lowest BCUT2D eigenvalue weighted by atomic mass is 9.74. The van der Waals surface area contributed by atoms with E-state index in [1.807, 2.05) is 0 Å². The van der Waals surface area contributed by atoms with E-state index in [9.17, 15) is 5.11 Å². The topological polar surface area (TPSA) is 20.2 Å². The van der Waals surface area contributed by atoms with E-state index in [2.05, 4.69) is 6.92 Å². The molecule has 2 aliphatic carbocycles. The molecule has 1 heteroatoms. The van der Waals surface area contributed by atoms with Crippen molar-refractivity contribution in [2.45, 2.75) is 70.3 Å². The van der Waals surface area contributed by atoms with Gasteiger partial charge in [0.05, 0.1) is 5.60 Å². The number of aliphatic hydroxyl groups is 1. The van der Waals surface area contributed by atoms with Crippen molar-refractivity contribution in [3.05, 3.63) is 0 Å². The van der Waals surface area contributed by atoms with Gasteiger partial charge >= 0.3 is 0 Å². The highest BCUT2D eigenvalue weighted by atomic mass is 16.3. The van der Waals surface area contributed by atoms with Crippen molar-refractivity contribution in [3.8, 4) is 0 Å². The second kappa shape index (κ2) is 4.22. The molecule has 0 aromatic heterocycles. The third-order valence-corrected chi connectivity index (χ3v) is 4.22. The van der Waals surface area contributed by atoms with Gasteiger partial charge in [0.25, 0.3) is 0 Å². The minimum absolute atomic E-state index is 0.276. The van der Waals surface area contributed by atoms with E-state index >= 15 is 0 Å². The van der Waals surface area contributed by atoms with Gasteiger partial charge in [-0.25, -0.2) is 0 Å². The normalized spacial score (nSPS) is 38.6. The Morgan fingerprint density at radius 2 is 2.00 bits per heavy atom. The maximum Gasteiger partial charge on any atom is 0.0650 e. The van der Waals surface area contributed by atoms with Crippen LogP contribution in [0.5, 0.6) is 0 Å². The number of hydrogen-bond acceptors (Lipinski definition) is 1. The first-order valence-electron chi connectivity index (χ1n) is 6.44. The minimum Gasteiger partial charge on any atom is -0.390 e. The average Bonchev–Trinajstić information content (AvgIpc) is 2.98. The quantitative estimate of drug-likeness (QED) is 0.729. The summed E-state index contributed by atoms with van der Waals surface area (Å²) in [4.78, 5) is 0. The largest absolute Gasteiger partial charge is 0.390 e. The maximum absolute atomic E-state index is 10.4. The molecule has 2 atom stereocenters. The zero-order valence-corrected chi connectivity index (χ0v) is 9.47. The molecule has 0 saturated heterocycles. The Morgan fingerprint density at radius 3 is 2.64 bits per heavy atom. The molecule has 1 nitrogen and oxygen atoms in total. The third-order valence-electron chi connectivity index (χ3n) is 4.22. The summed E-state index contributed by atoms with van der Waals surface area (Å²) < 4.78 is 0. The molecule has 0 spiro atoms. The number of hydrogen-bond donors (Lipinski definition) is 1. The molecule has 2 aliphatic rings. The Balaban J connectivity index is 1.79. The highest BCUT2D eigenvalue weighted by molar-refractivity contribution is 4.88. The predicted molar refractivity (Wildman–Crippen MR) is 59.2 cm³/mol. The van der Waals surface area contributed by atoms with Crippen molar-refractivity contribution in [2.75, 3.05) is 0 Å². The lowest BCUT2D eigenvalue weighted by molar-refractivity contribution is -0.0261. The summed E-state index contributed by atoms with van der Waals surface area (Å²) in [5.41, 5.74) is -0.276. The van der Waals surface area contributed by atoms with Crippen LogP contribution in [0.4, 0.5) is 0 Å². The minimum atomic E-state index is -0.276. The lowest BCUT2D eigenvalue weighted by Crippen LogP contribution is -2.35. The molecule has 0 radical (unpaired) electrons. The van der Waals surface area contributed by atoms with Crippen molar-refractivity contribution in [3.63, 3.8) is 0 Å². The zero-order valence-electron chi connectivity index (χ0n) is 9.47. The molecule has 0 aliphatic heterocycles.